The minimum Gasteiger partial charge on any atom is -0.364 e. The Bertz CT molecular complexity index is 465. The lowest BCUT2D eigenvalue weighted by Crippen LogP contribution is -2.28. The topological polar surface area (TPSA) is 47.0 Å². The molecule has 0 aromatic carbocycles. The van der Waals surface area contributed by atoms with Gasteiger partial charge in [-0.05, 0) is 43.8 Å². The monoisotopic (exact) mass is 303 g/mol. The molecule has 0 spiro atoms. The minimum absolute atomic E-state index is 0.201. The number of halogens is 3. The van der Waals surface area contributed by atoms with Crippen molar-refractivity contribution in [2.75, 3.05) is 19.7 Å². The highest BCUT2D eigenvalue weighted by molar-refractivity contribution is 5.21. The van der Waals surface area contributed by atoms with E-state index >= 15 is 0 Å². The largest absolute Gasteiger partial charge is 0.411 e. The van der Waals surface area contributed by atoms with Crippen LogP contribution in [-0.4, -0.2) is 35.8 Å². The van der Waals surface area contributed by atoms with E-state index in [0.717, 1.165) is 43.6 Å². The summed E-state index contributed by atoms with van der Waals surface area (Å²) >= 11 is 0. The molecule has 1 N–H and O–H groups in total. The molecule has 0 bridgehead atoms. The van der Waals surface area contributed by atoms with Crippen LogP contribution in [0.1, 0.15) is 30.4 Å². The first kappa shape index (κ1) is 16.2. The molecule has 7 heteroatoms. The maximum Gasteiger partial charge on any atom is 0.411 e. The average molecular weight is 303 g/mol. The first-order valence-electron chi connectivity index (χ1n) is 7.17. The normalized spacial score (nSPS) is 18.6. The van der Waals surface area contributed by atoms with Crippen LogP contribution in [0, 0.1) is 5.92 Å². The quantitative estimate of drug-likeness (QED) is 0.876. The second-order valence-corrected chi connectivity index (χ2v) is 5.28. The Morgan fingerprint density at radius 3 is 2.95 bits per heavy atom. The van der Waals surface area contributed by atoms with Gasteiger partial charge in [0.1, 0.15) is 13.2 Å². The van der Waals surface area contributed by atoms with Crippen molar-refractivity contribution in [1.29, 1.82) is 0 Å². The fraction of sp³-hybridized carbons (Fsp3) is 0.714. The molecule has 0 saturated carbocycles. The molecule has 1 atom stereocenters. The summed E-state index contributed by atoms with van der Waals surface area (Å²) in [5.74, 6) is 0.900. The smallest absolute Gasteiger partial charge is 0.364 e. The summed E-state index contributed by atoms with van der Waals surface area (Å²) in [6, 6.07) is 0. The first-order valence-corrected chi connectivity index (χ1v) is 7.17. The lowest BCUT2D eigenvalue weighted by Gasteiger charge is -2.24. The molecular formula is C14H20F3N3O. The van der Waals surface area contributed by atoms with Crippen molar-refractivity contribution in [3.8, 4) is 0 Å². The Labute approximate surface area is 122 Å². The molecule has 1 aliphatic carbocycles. The molecule has 0 radical (unpaired) electrons. The van der Waals surface area contributed by atoms with Crippen LogP contribution in [0.5, 0.6) is 0 Å². The van der Waals surface area contributed by atoms with E-state index in [0.29, 0.717) is 11.7 Å². The van der Waals surface area contributed by atoms with Crippen LogP contribution in [0.15, 0.2) is 6.20 Å². The number of nitrogens with one attached hydrogen (secondary N) is 1. The van der Waals surface area contributed by atoms with Gasteiger partial charge in [-0.3, -0.25) is 0 Å². The lowest BCUT2D eigenvalue weighted by atomic mass is 9.87. The van der Waals surface area contributed by atoms with Crippen molar-refractivity contribution in [2.24, 2.45) is 5.92 Å². The molecular weight excluding hydrogens is 283 g/mol. The van der Waals surface area contributed by atoms with Gasteiger partial charge < -0.3 is 10.1 Å². The molecule has 118 valence electrons. The number of rotatable bonds is 6. The molecule has 1 heterocycles. The predicted molar refractivity (Wildman–Crippen MR) is 71.8 cm³/mol. The van der Waals surface area contributed by atoms with Crippen LogP contribution in [-0.2, 0) is 24.2 Å². The zero-order valence-corrected chi connectivity index (χ0v) is 12.0. The van der Waals surface area contributed by atoms with Crippen LogP contribution in [0.2, 0.25) is 0 Å². The van der Waals surface area contributed by atoms with Crippen molar-refractivity contribution in [1.82, 2.24) is 15.3 Å². The Morgan fingerprint density at radius 2 is 2.24 bits per heavy atom. The SMILES string of the molecule is CCNCC1CCc2nc(COCC(F)(F)F)ncc2C1. The third kappa shape index (κ3) is 5.24. The zero-order valence-electron chi connectivity index (χ0n) is 12.0. The maximum atomic E-state index is 12.0. The summed E-state index contributed by atoms with van der Waals surface area (Å²) in [7, 11) is 0. The van der Waals surface area contributed by atoms with E-state index in [2.05, 4.69) is 26.9 Å². The number of hydrogen-bond donors (Lipinski definition) is 1. The van der Waals surface area contributed by atoms with Gasteiger partial charge in [0.2, 0.25) is 0 Å². The van der Waals surface area contributed by atoms with Crippen molar-refractivity contribution in [3.05, 3.63) is 23.3 Å². The first-order chi connectivity index (χ1) is 9.98. The van der Waals surface area contributed by atoms with Crippen LogP contribution < -0.4 is 5.32 Å². The van der Waals surface area contributed by atoms with E-state index in [1.165, 1.54) is 0 Å². The Kier molecular flexibility index (Phi) is 5.52. The van der Waals surface area contributed by atoms with E-state index in [4.69, 9.17) is 0 Å². The summed E-state index contributed by atoms with van der Waals surface area (Å²) in [5, 5.41) is 3.33. The highest BCUT2D eigenvalue weighted by Gasteiger charge is 2.27. The predicted octanol–water partition coefficient (Wildman–Crippen LogP) is 2.27. The minimum atomic E-state index is -4.31. The van der Waals surface area contributed by atoms with Crippen molar-refractivity contribution >= 4 is 0 Å². The maximum absolute atomic E-state index is 12.0. The van der Waals surface area contributed by atoms with Crippen LogP contribution >= 0.6 is 0 Å². The highest BCUT2D eigenvalue weighted by atomic mass is 19.4. The average Bonchev–Trinajstić information content (AvgIpc) is 2.43. The van der Waals surface area contributed by atoms with Gasteiger partial charge in [-0.1, -0.05) is 6.92 Å². The molecule has 0 amide bonds. The number of fused-ring (bicyclic) bond motifs is 1. The number of ether oxygens (including phenoxy) is 1. The van der Waals surface area contributed by atoms with Crippen LogP contribution in [0.3, 0.4) is 0 Å². The molecule has 1 unspecified atom stereocenters. The molecule has 1 aromatic rings. The van der Waals surface area contributed by atoms with Crippen LogP contribution in [0.4, 0.5) is 13.2 Å². The summed E-state index contributed by atoms with van der Waals surface area (Å²) in [6.45, 7) is 2.54. The Hall–Kier alpha value is -1.21. The summed E-state index contributed by atoms with van der Waals surface area (Å²) < 4.78 is 40.6. The summed E-state index contributed by atoms with van der Waals surface area (Å²) in [5.41, 5.74) is 2.05. The summed E-state index contributed by atoms with van der Waals surface area (Å²) in [4.78, 5) is 8.43. The van der Waals surface area contributed by atoms with Gasteiger partial charge in [-0.25, -0.2) is 9.97 Å². The lowest BCUT2D eigenvalue weighted by molar-refractivity contribution is -0.177. The molecule has 1 aromatic heterocycles. The fourth-order valence-electron chi connectivity index (χ4n) is 2.47. The van der Waals surface area contributed by atoms with Crippen molar-refractivity contribution < 1.29 is 17.9 Å². The molecule has 0 saturated heterocycles. The van der Waals surface area contributed by atoms with Gasteiger partial charge in [-0.15, -0.1) is 0 Å². The number of hydrogen-bond acceptors (Lipinski definition) is 4. The van der Waals surface area contributed by atoms with E-state index in [1.807, 2.05) is 0 Å². The number of alkyl halides is 3. The van der Waals surface area contributed by atoms with E-state index in [1.54, 1.807) is 6.20 Å². The van der Waals surface area contributed by atoms with E-state index < -0.39 is 12.8 Å². The molecule has 21 heavy (non-hydrogen) atoms. The molecule has 0 aliphatic heterocycles. The van der Waals surface area contributed by atoms with Crippen LogP contribution in [0.25, 0.3) is 0 Å². The third-order valence-electron chi connectivity index (χ3n) is 3.48. The number of aromatic nitrogens is 2. The zero-order chi connectivity index (χ0) is 15.3. The van der Waals surface area contributed by atoms with Gasteiger partial charge in [0.05, 0.1) is 0 Å². The second kappa shape index (κ2) is 7.17. The highest BCUT2D eigenvalue weighted by Crippen LogP contribution is 2.23. The van der Waals surface area contributed by atoms with Crippen molar-refractivity contribution in [2.45, 2.75) is 39.0 Å². The Morgan fingerprint density at radius 1 is 1.43 bits per heavy atom. The molecule has 2 rings (SSSR count). The fourth-order valence-corrected chi connectivity index (χ4v) is 2.47. The van der Waals surface area contributed by atoms with Crippen molar-refractivity contribution in [3.63, 3.8) is 0 Å². The van der Waals surface area contributed by atoms with Gasteiger partial charge in [0.25, 0.3) is 0 Å². The molecule has 0 fully saturated rings. The summed E-state index contributed by atoms with van der Waals surface area (Å²) in [6.07, 6.45) is 0.229. The second-order valence-electron chi connectivity index (χ2n) is 5.28. The standard InChI is InChI=1S/C14H20F3N3O/c1-2-18-6-10-3-4-12-11(5-10)7-19-13(20-12)8-21-9-14(15,16)17/h7,10,18H,2-6,8-9H2,1H3. The van der Waals surface area contributed by atoms with Gasteiger partial charge >= 0.3 is 6.18 Å². The van der Waals surface area contributed by atoms with E-state index in [-0.39, 0.29) is 6.61 Å². The van der Waals surface area contributed by atoms with E-state index in [9.17, 15) is 13.2 Å². The van der Waals surface area contributed by atoms with Gasteiger partial charge in [0, 0.05) is 11.9 Å². The Balaban J connectivity index is 1.89. The molecule has 4 nitrogen and oxygen atoms in total. The third-order valence-corrected chi connectivity index (χ3v) is 3.48. The van der Waals surface area contributed by atoms with Gasteiger partial charge in [0.15, 0.2) is 5.82 Å². The number of nitrogens with zero attached hydrogens (tertiary/aromatic N) is 2. The number of aryl methyl sites for hydroxylation is 1. The molecule has 1 aliphatic rings. The van der Waals surface area contributed by atoms with Gasteiger partial charge in [-0.2, -0.15) is 13.2 Å².